The maximum atomic E-state index is 14.1. The molecule has 10 heteroatoms. The topological polar surface area (TPSA) is 71.8 Å². The number of benzene rings is 1. The fraction of sp³-hybridized carbons (Fsp3) is 0.167. The molecule has 2 aromatic rings. The van der Waals surface area contributed by atoms with Crippen molar-refractivity contribution in [1.82, 2.24) is 4.98 Å². The Balaban J connectivity index is 2.64. The summed E-state index contributed by atoms with van der Waals surface area (Å²) in [7, 11) is 0. The number of halogens is 5. The number of esters is 1. The zero-order valence-electron chi connectivity index (χ0n) is 14.6. The van der Waals surface area contributed by atoms with Gasteiger partial charge in [0.15, 0.2) is 16.8 Å². The Morgan fingerprint density at radius 1 is 1.29 bits per heavy atom. The molecule has 0 spiro atoms. The molecule has 148 valence electrons. The van der Waals surface area contributed by atoms with Crippen LogP contribution in [0.2, 0.25) is 10.3 Å². The molecule has 0 unspecified atom stereocenters. The molecule has 2 rings (SSSR count). The third kappa shape index (κ3) is 4.63. The number of pyridine rings is 1. The highest BCUT2D eigenvalue weighted by molar-refractivity contribution is 6.34. The maximum Gasteiger partial charge on any atom is 0.343 e. The number of aliphatic imine (C=N–C) groups is 1. The van der Waals surface area contributed by atoms with E-state index in [1.165, 1.54) is 13.8 Å². The van der Waals surface area contributed by atoms with Crippen LogP contribution < -0.4 is 0 Å². The van der Waals surface area contributed by atoms with Gasteiger partial charge >= 0.3 is 5.97 Å². The Bertz CT molecular complexity index is 995. The summed E-state index contributed by atoms with van der Waals surface area (Å²) in [6.45, 7) is 2.74. The van der Waals surface area contributed by atoms with E-state index in [9.17, 15) is 23.1 Å². The molecule has 0 amide bonds. The molecular weight excluding hydrogens is 420 g/mol. The smallest absolute Gasteiger partial charge is 0.343 e. The average molecular weight is 433 g/mol. The van der Waals surface area contributed by atoms with Crippen LogP contribution in [0.25, 0.3) is 5.76 Å². The van der Waals surface area contributed by atoms with Crippen molar-refractivity contribution < 1.29 is 27.8 Å². The van der Waals surface area contributed by atoms with E-state index in [1.807, 2.05) is 0 Å². The number of aliphatic hydroxyl groups is 1. The first-order chi connectivity index (χ1) is 13.2. The van der Waals surface area contributed by atoms with E-state index >= 15 is 0 Å². The molecule has 0 aliphatic carbocycles. The van der Waals surface area contributed by atoms with Crippen molar-refractivity contribution in [2.45, 2.75) is 13.8 Å². The summed E-state index contributed by atoms with van der Waals surface area (Å²) < 4.78 is 45.7. The van der Waals surface area contributed by atoms with Crippen molar-refractivity contribution in [3.8, 4) is 0 Å². The van der Waals surface area contributed by atoms with E-state index < -0.39 is 39.9 Å². The first-order valence-corrected chi connectivity index (χ1v) is 8.53. The third-order valence-corrected chi connectivity index (χ3v) is 4.04. The van der Waals surface area contributed by atoms with Gasteiger partial charge in [-0.05, 0) is 26.0 Å². The monoisotopic (exact) mass is 432 g/mol. The SMILES string of the molecule is CCOC(=O)C(C=Nc1ccc(F)cc1F)=C(O)c1c(Cl)nc(Cl)c(F)c1C. The Morgan fingerprint density at radius 2 is 1.96 bits per heavy atom. The highest BCUT2D eigenvalue weighted by Crippen LogP contribution is 2.31. The van der Waals surface area contributed by atoms with Crippen LogP contribution in [0.1, 0.15) is 18.1 Å². The van der Waals surface area contributed by atoms with Gasteiger partial charge in [0.25, 0.3) is 0 Å². The van der Waals surface area contributed by atoms with Gasteiger partial charge in [-0.3, -0.25) is 4.99 Å². The number of aliphatic hydroxyl groups excluding tert-OH is 1. The van der Waals surface area contributed by atoms with Gasteiger partial charge in [-0.15, -0.1) is 0 Å². The summed E-state index contributed by atoms with van der Waals surface area (Å²) >= 11 is 11.5. The molecule has 1 N–H and O–H groups in total. The molecular formula is C18H13Cl2F3N2O3. The van der Waals surface area contributed by atoms with Crippen LogP contribution in [0.5, 0.6) is 0 Å². The lowest BCUT2D eigenvalue weighted by Crippen LogP contribution is -2.12. The second-order valence-corrected chi connectivity index (χ2v) is 6.06. The lowest BCUT2D eigenvalue weighted by Gasteiger charge is -2.12. The zero-order chi connectivity index (χ0) is 21.0. The van der Waals surface area contributed by atoms with E-state index in [0.717, 1.165) is 18.3 Å². The van der Waals surface area contributed by atoms with Gasteiger partial charge < -0.3 is 9.84 Å². The predicted molar refractivity (Wildman–Crippen MR) is 99.6 cm³/mol. The minimum atomic E-state index is -1.03. The number of nitrogens with zero attached hydrogens (tertiary/aromatic N) is 2. The maximum absolute atomic E-state index is 14.1. The molecule has 1 aromatic heterocycles. The molecule has 1 aromatic carbocycles. The summed E-state index contributed by atoms with van der Waals surface area (Å²) in [4.78, 5) is 19.5. The first kappa shape index (κ1) is 21.7. The number of carbonyl (C=O) groups is 1. The van der Waals surface area contributed by atoms with E-state index in [-0.39, 0.29) is 28.6 Å². The Hall–Kier alpha value is -2.58. The summed E-state index contributed by atoms with van der Waals surface area (Å²) in [6.07, 6.45) is 0.798. The number of ether oxygens (including phenoxy) is 1. The van der Waals surface area contributed by atoms with Crippen LogP contribution in [-0.2, 0) is 9.53 Å². The second kappa shape index (κ2) is 9.07. The highest BCUT2D eigenvalue weighted by Gasteiger charge is 2.24. The summed E-state index contributed by atoms with van der Waals surface area (Å²) in [6, 6.07) is 2.59. The Morgan fingerprint density at radius 3 is 2.57 bits per heavy atom. The molecule has 0 radical (unpaired) electrons. The lowest BCUT2D eigenvalue weighted by atomic mass is 10.1. The average Bonchev–Trinajstić information content (AvgIpc) is 2.62. The van der Waals surface area contributed by atoms with Crippen molar-refractivity contribution in [3.63, 3.8) is 0 Å². The van der Waals surface area contributed by atoms with Gasteiger partial charge in [0.1, 0.15) is 22.3 Å². The van der Waals surface area contributed by atoms with Crippen LogP contribution in [0.3, 0.4) is 0 Å². The molecule has 0 atom stereocenters. The van der Waals surface area contributed by atoms with Crippen LogP contribution in [0.15, 0.2) is 28.8 Å². The number of rotatable bonds is 5. The van der Waals surface area contributed by atoms with Gasteiger partial charge in [0.2, 0.25) is 0 Å². The van der Waals surface area contributed by atoms with Crippen LogP contribution in [0, 0.1) is 24.4 Å². The van der Waals surface area contributed by atoms with Gasteiger partial charge in [-0.1, -0.05) is 23.2 Å². The molecule has 1 heterocycles. The second-order valence-electron chi connectivity index (χ2n) is 5.34. The molecule has 0 fully saturated rings. The fourth-order valence-electron chi connectivity index (χ4n) is 2.16. The molecule has 0 bridgehead atoms. The largest absolute Gasteiger partial charge is 0.506 e. The van der Waals surface area contributed by atoms with E-state index in [1.54, 1.807) is 0 Å². The van der Waals surface area contributed by atoms with E-state index in [2.05, 4.69) is 9.98 Å². The molecule has 0 saturated heterocycles. The number of aromatic nitrogens is 1. The quantitative estimate of drug-likeness (QED) is 0.227. The van der Waals surface area contributed by atoms with Crippen LogP contribution in [-0.4, -0.2) is 28.9 Å². The standard InChI is InChI=1S/C18H13Cl2F3N2O3/c1-3-28-18(27)10(7-24-12-5-4-9(21)6-11(12)22)15(26)13-8(2)14(23)17(20)25-16(13)19/h4-7,26H,3H2,1-2H3. The normalized spacial score (nSPS) is 12.2. The number of carbonyl (C=O) groups excluding carboxylic acids is 1. The van der Waals surface area contributed by atoms with Gasteiger partial charge in [0.05, 0.1) is 17.9 Å². The van der Waals surface area contributed by atoms with Crippen molar-refractivity contribution in [1.29, 1.82) is 0 Å². The molecule has 5 nitrogen and oxygen atoms in total. The van der Waals surface area contributed by atoms with Crippen molar-refractivity contribution in [2.75, 3.05) is 6.61 Å². The fourth-order valence-corrected chi connectivity index (χ4v) is 2.75. The zero-order valence-corrected chi connectivity index (χ0v) is 16.1. The van der Waals surface area contributed by atoms with Gasteiger partial charge in [0, 0.05) is 17.8 Å². The number of hydrogen-bond donors (Lipinski definition) is 1. The van der Waals surface area contributed by atoms with E-state index in [4.69, 9.17) is 27.9 Å². The predicted octanol–water partition coefficient (Wildman–Crippen LogP) is 5.35. The minimum absolute atomic E-state index is 0.0473. The Kier molecular flexibility index (Phi) is 7.04. The minimum Gasteiger partial charge on any atom is -0.506 e. The lowest BCUT2D eigenvalue weighted by molar-refractivity contribution is -0.137. The summed E-state index contributed by atoms with van der Waals surface area (Å²) in [5.41, 5.74) is -1.33. The molecule has 0 aliphatic heterocycles. The number of hydrogen-bond acceptors (Lipinski definition) is 5. The van der Waals surface area contributed by atoms with Crippen LogP contribution >= 0.6 is 23.2 Å². The molecule has 28 heavy (non-hydrogen) atoms. The first-order valence-electron chi connectivity index (χ1n) is 7.78. The molecule has 0 aliphatic rings. The highest BCUT2D eigenvalue weighted by atomic mass is 35.5. The van der Waals surface area contributed by atoms with E-state index in [0.29, 0.717) is 6.07 Å². The third-order valence-electron chi connectivity index (χ3n) is 3.52. The van der Waals surface area contributed by atoms with Crippen LogP contribution in [0.4, 0.5) is 18.9 Å². The summed E-state index contributed by atoms with van der Waals surface area (Å²) in [5.74, 6) is -4.58. The summed E-state index contributed by atoms with van der Waals surface area (Å²) in [5, 5.41) is 9.66. The van der Waals surface area contributed by atoms with Crippen molar-refractivity contribution in [3.05, 3.63) is 62.7 Å². The molecule has 0 saturated carbocycles. The Labute approximate surface area is 168 Å². The van der Waals surface area contributed by atoms with Crippen molar-refractivity contribution in [2.24, 2.45) is 4.99 Å². The van der Waals surface area contributed by atoms with Crippen molar-refractivity contribution >= 4 is 46.8 Å². The van der Waals surface area contributed by atoms with Gasteiger partial charge in [-0.2, -0.15) is 0 Å². The van der Waals surface area contributed by atoms with Gasteiger partial charge in [-0.25, -0.2) is 22.9 Å².